The highest BCUT2D eigenvalue weighted by atomic mass is 79.9. The van der Waals surface area contributed by atoms with Crippen molar-refractivity contribution in [2.75, 3.05) is 25.3 Å². The minimum Gasteiger partial charge on any atom is -0.497 e. The first-order chi connectivity index (χ1) is 13.1. The van der Waals surface area contributed by atoms with Gasteiger partial charge in [0.15, 0.2) is 4.34 Å². The van der Waals surface area contributed by atoms with Crippen LogP contribution in [-0.2, 0) is 4.79 Å². The van der Waals surface area contributed by atoms with Gasteiger partial charge in [0.05, 0.1) is 31.4 Å². The molecule has 0 atom stereocenters. The van der Waals surface area contributed by atoms with Crippen LogP contribution in [0.1, 0.15) is 0 Å². The Kier molecular flexibility index (Phi) is 6.76. The van der Waals surface area contributed by atoms with E-state index in [1.165, 1.54) is 23.1 Å². The third-order valence-corrected chi connectivity index (χ3v) is 6.18. The molecule has 0 aliphatic carbocycles. The Morgan fingerprint density at radius 2 is 1.96 bits per heavy atom. The molecule has 2 aromatic carbocycles. The van der Waals surface area contributed by atoms with Crippen molar-refractivity contribution >= 4 is 50.6 Å². The summed E-state index contributed by atoms with van der Waals surface area (Å²) in [5.41, 5.74) is 2.57. The highest BCUT2D eigenvalue weighted by molar-refractivity contribution is 9.10. The van der Waals surface area contributed by atoms with Gasteiger partial charge in [-0.3, -0.25) is 4.79 Å². The van der Waals surface area contributed by atoms with Crippen LogP contribution in [0, 0.1) is 0 Å². The zero-order valence-electron chi connectivity index (χ0n) is 14.7. The molecule has 5 nitrogen and oxygen atoms in total. The Morgan fingerprint density at radius 3 is 2.67 bits per heavy atom. The monoisotopic (exact) mass is 464 g/mol. The predicted molar refractivity (Wildman–Crippen MR) is 114 cm³/mol. The number of ether oxygens (including phenoxy) is 2. The number of hydrogen-bond donors (Lipinski definition) is 1. The van der Waals surface area contributed by atoms with Crippen molar-refractivity contribution in [2.24, 2.45) is 0 Å². The largest absolute Gasteiger partial charge is 0.497 e. The van der Waals surface area contributed by atoms with Gasteiger partial charge in [-0.05, 0) is 24.3 Å². The van der Waals surface area contributed by atoms with Crippen LogP contribution in [0.4, 0.5) is 5.69 Å². The maximum absolute atomic E-state index is 12.3. The normalized spacial score (nSPS) is 10.5. The van der Waals surface area contributed by atoms with Crippen molar-refractivity contribution in [3.8, 4) is 22.8 Å². The van der Waals surface area contributed by atoms with Gasteiger partial charge in [0.2, 0.25) is 5.91 Å². The molecule has 0 aliphatic heterocycles. The maximum atomic E-state index is 12.3. The number of thiazole rings is 1. The van der Waals surface area contributed by atoms with E-state index in [4.69, 9.17) is 9.47 Å². The fourth-order valence-electron chi connectivity index (χ4n) is 2.29. The van der Waals surface area contributed by atoms with E-state index < -0.39 is 0 Å². The molecule has 1 aromatic heterocycles. The Hall–Kier alpha value is -2.03. The molecule has 0 unspecified atom stereocenters. The van der Waals surface area contributed by atoms with Crippen LogP contribution in [0.2, 0.25) is 0 Å². The summed E-state index contributed by atoms with van der Waals surface area (Å²) in [5, 5.41) is 4.86. The Labute approximate surface area is 174 Å². The zero-order valence-corrected chi connectivity index (χ0v) is 17.9. The summed E-state index contributed by atoms with van der Waals surface area (Å²) in [6.45, 7) is 0. The van der Waals surface area contributed by atoms with Crippen LogP contribution in [0.3, 0.4) is 0 Å². The lowest BCUT2D eigenvalue weighted by Gasteiger charge is -2.11. The second-order valence-corrected chi connectivity index (χ2v) is 8.40. The van der Waals surface area contributed by atoms with Gasteiger partial charge in [-0.25, -0.2) is 4.98 Å². The highest BCUT2D eigenvalue weighted by Crippen LogP contribution is 2.31. The molecule has 140 valence electrons. The molecule has 3 rings (SSSR count). The summed E-state index contributed by atoms with van der Waals surface area (Å²) in [6, 6.07) is 13.3. The van der Waals surface area contributed by atoms with Gasteiger partial charge >= 0.3 is 0 Å². The van der Waals surface area contributed by atoms with Crippen molar-refractivity contribution in [1.82, 2.24) is 4.98 Å². The average molecular weight is 465 g/mol. The minimum absolute atomic E-state index is 0.121. The molecule has 0 aliphatic rings. The van der Waals surface area contributed by atoms with Gasteiger partial charge in [0.25, 0.3) is 0 Å². The molecule has 0 spiro atoms. The van der Waals surface area contributed by atoms with E-state index in [0.29, 0.717) is 17.2 Å². The molecule has 0 saturated carbocycles. The topological polar surface area (TPSA) is 60.5 Å². The van der Waals surface area contributed by atoms with E-state index in [9.17, 15) is 4.79 Å². The number of nitrogens with zero attached hydrogens (tertiary/aromatic N) is 1. The number of carbonyl (C=O) groups is 1. The number of aromatic nitrogens is 1. The lowest BCUT2D eigenvalue weighted by Crippen LogP contribution is -2.14. The maximum Gasteiger partial charge on any atom is 0.234 e. The number of hydrogen-bond acceptors (Lipinski definition) is 6. The first-order valence-corrected chi connectivity index (χ1v) is 10.6. The van der Waals surface area contributed by atoms with Crippen molar-refractivity contribution in [2.45, 2.75) is 4.34 Å². The van der Waals surface area contributed by atoms with E-state index in [-0.39, 0.29) is 11.7 Å². The predicted octanol–water partition coefficient (Wildman–Crippen LogP) is 5.32. The van der Waals surface area contributed by atoms with Crippen LogP contribution < -0.4 is 14.8 Å². The fraction of sp³-hybridized carbons (Fsp3) is 0.158. The highest BCUT2D eigenvalue weighted by Gasteiger charge is 2.11. The van der Waals surface area contributed by atoms with E-state index in [2.05, 4.69) is 26.2 Å². The second kappa shape index (κ2) is 9.25. The molecule has 8 heteroatoms. The SMILES string of the molecule is COc1ccc(NC(=O)CSc2nc(-c3ccc(Br)cc3)cs2)c(OC)c1. The average Bonchev–Trinajstić information content (AvgIpc) is 3.16. The van der Waals surface area contributed by atoms with Crippen molar-refractivity contribution in [3.63, 3.8) is 0 Å². The Bertz CT molecular complexity index is 929. The minimum atomic E-state index is -0.121. The third-order valence-electron chi connectivity index (χ3n) is 3.63. The zero-order chi connectivity index (χ0) is 19.2. The standard InChI is InChI=1S/C19H17BrN2O3S2/c1-24-14-7-8-15(17(9-14)25-2)21-18(23)11-27-19-22-16(10-26-19)12-3-5-13(20)6-4-12/h3-10H,11H2,1-2H3,(H,21,23). The molecular weight excluding hydrogens is 448 g/mol. The summed E-state index contributed by atoms with van der Waals surface area (Å²) < 4.78 is 12.3. The number of methoxy groups -OCH3 is 2. The van der Waals surface area contributed by atoms with E-state index in [0.717, 1.165) is 20.1 Å². The van der Waals surface area contributed by atoms with Gasteiger partial charge in [-0.1, -0.05) is 39.8 Å². The van der Waals surface area contributed by atoms with E-state index >= 15 is 0 Å². The molecule has 0 bridgehead atoms. The lowest BCUT2D eigenvalue weighted by atomic mass is 10.2. The quantitative estimate of drug-likeness (QED) is 0.479. The van der Waals surface area contributed by atoms with Crippen LogP contribution in [0.15, 0.2) is 56.7 Å². The molecule has 3 aromatic rings. The Morgan fingerprint density at radius 1 is 1.19 bits per heavy atom. The second-order valence-electron chi connectivity index (χ2n) is 5.41. The van der Waals surface area contributed by atoms with Gasteiger partial charge < -0.3 is 14.8 Å². The molecule has 0 radical (unpaired) electrons. The van der Waals surface area contributed by atoms with Crippen LogP contribution in [0.5, 0.6) is 11.5 Å². The number of anilines is 1. The van der Waals surface area contributed by atoms with Gasteiger partial charge in [0.1, 0.15) is 11.5 Å². The van der Waals surface area contributed by atoms with Crippen LogP contribution in [0.25, 0.3) is 11.3 Å². The molecule has 1 heterocycles. The number of amides is 1. The van der Waals surface area contributed by atoms with Crippen LogP contribution in [-0.4, -0.2) is 30.9 Å². The lowest BCUT2D eigenvalue weighted by molar-refractivity contribution is -0.113. The number of halogens is 1. The molecule has 0 fully saturated rings. The summed E-state index contributed by atoms with van der Waals surface area (Å²) in [7, 11) is 3.14. The smallest absolute Gasteiger partial charge is 0.234 e. The molecular formula is C19H17BrN2O3S2. The van der Waals surface area contributed by atoms with Gasteiger partial charge in [-0.2, -0.15) is 0 Å². The van der Waals surface area contributed by atoms with E-state index in [1.54, 1.807) is 32.4 Å². The molecule has 1 N–H and O–H groups in total. The summed E-state index contributed by atoms with van der Waals surface area (Å²) in [4.78, 5) is 16.9. The van der Waals surface area contributed by atoms with Gasteiger partial charge in [-0.15, -0.1) is 11.3 Å². The number of thioether (sulfide) groups is 1. The number of nitrogens with one attached hydrogen (secondary N) is 1. The summed E-state index contributed by atoms with van der Waals surface area (Å²) in [5.74, 6) is 1.37. The van der Waals surface area contributed by atoms with Crippen molar-refractivity contribution in [1.29, 1.82) is 0 Å². The van der Waals surface area contributed by atoms with Crippen LogP contribution >= 0.6 is 39.0 Å². The molecule has 0 saturated heterocycles. The summed E-state index contributed by atoms with van der Waals surface area (Å²) >= 11 is 6.36. The number of rotatable bonds is 7. The summed E-state index contributed by atoms with van der Waals surface area (Å²) in [6.07, 6.45) is 0. The third kappa shape index (κ3) is 5.24. The van der Waals surface area contributed by atoms with Crippen molar-refractivity contribution in [3.05, 3.63) is 52.3 Å². The number of carbonyl (C=O) groups excluding carboxylic acids is 1. The van der Waals surface area contributed by atoms with E-state index in [1.807, 2.05) is 29.6 Å². The molecule has 1 amide bonds. The first kappa shape index (κ1) is 19.7. The number of benzene rings is 2. The first-order valence-electron chi connectivity index (χ1n) is 7.95. The fourth-order valence-corrected chi connectivity index (χ4v) is 4.19. The molecule has 27 heavy (non-hydrogen) atoms. The van der Waals surface area contributed by atoms with Crippen molar-refractivity contribution < 1.29 is 14.3 Å². The Balaban J connectivity index is 1.59. The van der Waals surface area contributed by atoms with Gasteiger partial charge in [0, 0.05) is 21.5 Å².